The first-order valence-electron chi connectivity index (χ1n) is 6.45. The molecule has 1 aromatic carbocycles. The number of rotatable bonds is 4. The standard InChI is InChI=1S/C14H15NO4S2/c1-9-6-14(20-13(9)7-16)21(17,18)15-11-8-19-12-5-3-2-4-10(11)12/h2-6,11,15-16H,7-8H2,1H3. The summed E-state index contributed by atoms with van der Waals surface area (Å²) in [6.45, 7) is 1.92. The number of aryl methyl sites for hydroxylation is 1. The summed E-state index contributed by atoms with van der Waals surface area (Å²) in [5.41, 5.74) is 1.63. The molecule has 1 aliphatic rings. The summed E-state index contributed by atoms with van der Waals surface area (Å²) in [5, 5.41) is 9.19. The Morgan fingerprint density at radius 3 is 2.90 bits per heavy atom. The van der Waals surface area contributed by atoms with Crippen LogP contribution in [-0.4, -0.2) is 20.1 Å². The highest BCUT2D eigenvalue weighted by Crippen LogP contribution is 2.34. The summed E-state index contributed by atoms with van der Waals surface area (Å²) in [5.74, 6) is 0.712. The van der Waals surface area contributed by atoms with E-state index in [0.29, 0.717) is 10.6 Å². The first kappa shape index (κ1) is 14.5. The third-order valence-electron chi connectivity index (χ3n) is 3.40. The van der Waals surface area contributed by atoms with E-state index in [0.717, 1.165) is 22.5 Å². The number of hydrogen-bond donors (Lipinski definition) is 2. The summed E-state index contributed by atoms with van der Waals surface area (Å²) in [6.07, 6.45) is 0. The minimum Gasteiger partial charge on any atom is -0.491 e. The fourth-order valence-corrected chi connectivity index (χ4v) is 4.95. The smallest absolute Gasteiger partial charge is 0.250 e. The summed E-state index contributed by atoms with van der Waals surface area (Å²) < 4.78 is 33.2. The predicted molar refractivity (Wildman–Crippen MR) is 80.0 cm³/mol. The van der Waals surface area contributed by atoms with Gasteiger partial charge in [0.15, 0.2) is 0 Å². The van der Waals surface area contributed by atoms with Crippen LogP contribution in [0.3, 0.4) is 0 Å². The lowest BCUT2D eigenvalue weighted by molar-refractivity contribution is 0.285. The Morgan fingerprint density at radius 1 is 1.43 bits per heavy atom. The summed E-state index contributed by atoms with van der Waals surface area (Å²) in [7, 11) is -3.62. The SMILES string of the molecule is Cc1cc(S(=O)(=O)NC2COc3ccccc32)sc1CO. The van der Waals surface area contributed by atoms with Crippen molar-refractivity contribution >= 4 is 21.4 Å². The highest BCUT2D eigenvalue weighted by atomic mass is 32.2. The number of nitrogens with one attached hydrogen (secondary N) is 1. The molecule has 2 aromatic rings. The van der Waals surface area contributed by atoms with E-state index in [2.05, 4.69) is 4.72 Å². The molecule has 0 amide bonds. The molecule has 0 radical (unpaired) electrons. The molecule has 0 fully saturated rings. The molecular weight excluding hydrogens is 310 g/mol. The maximum atomic E-state index is 12.4. The fourth-order valence-electron chi connectivity index (χ4n) is 2.28. The zero-order chi connectivity index (χ0) is 15.0. The lowest BCUT2D eigenvalue weighted by Gasteiger charge is -2.11. The first-order valence-corrected chi connectivity index (χ1v) is 8.75. The van der Waals surface area contributed by atoms with Gasteiger partial charge < -0.3 is 9.84 Å². The highest BCUT2D eigenvalue weighted by molar-refractivity contribution is 7.91. The van der Waals surface area contributed by atoms with Gasteiger partial charge in [-0.25, -0.2) is 8.42 Å². The third-order valence-corrected chi connectivity index (χ3v) is 6.57. The van der Waals surface area contributed by atoms with Gasteiger partial charge in [0.1, 0.15) is 16.6 Å². The van der Waals surface area contributed by atoms with Crippen molar-refractivity contribution in [2.75, 3.05) is 6.61 Å². The van der Waals surface area contributed by atoms with Crippen molar-refractivity contribution in [3.63, 3.8) is 0 Å². The second kappa shape index (κ2) is 5.42. The topological polar surface area (TPSA) is 75.6 Å². The summed E-state index contributed by atoms with van der Waals surface area (Å²) in [4.78, 5) is 0.665. The molecule has 5 nitrogen and oxygen atoms in total. The molecule has 2 N–H and O–H groups in total. The molecule has 1 aromatic heterocycles. The molecule has 7 heteroatoms. The van der Waals surface area contributed by atoms with E-state index >= 15 is 0 Å². The molecule has 112 valence electrons. The quantitative estimate of drug-likeness (QED) is 0.901. The molecule has 2 heterocycles. The molecule has 0 spiro atoms. The van der Waals surface area contributed by atoms with E-state index in [-0.39, 0.29) is 23.5 Å². The number of fused-ring (bicyclic) bond motifs is 1. The fraction of sp³-hybridized carbons (Fsp3) is 0.286. The Bertz CT molecular complexity index is 767. The van der Waals surface area contributed by atoms with Crippen molar-refractivity contribution in [3.8, 4) is 5.75 Å². The van der Waals surface area contributed by atoms with Crippen LogP contribution in [0.2, 0.25) is 0 Å². The average molecular weight is 325 g/mol. The van der Waals surface area contributed by atoms with E-state index in [4.69, 9.17) is 4.74 Å². The number of aliphatic hydroxyl groups is 1. The zero-order valence-corrected chi connectivity index (χ0v) is 13.0. The average Bonchev–Trinajstić information content (AvgIpc) is 3.03. The van der Waals surface area contributed by atoms with Crippen LogP contribution in [0.25, 0.3) is 0 Å². The van der Waals surface area contributed by atoms with Crippen LogP contribution in [0.1, 0.15) is 22.0 Å². The maximum Gasteiger partial charge on any atom is 0.250 e. The molecule has 21 heavy (non-hydrogen) atoms. The lowest BCUT2D eigenvalue weighted by atomic mass is 10.1. The number of sulfonamides is 1. The number of aliphatic hydroxyl groups excluding tert-OH is 1. The van der Waals surface area contributed by atoms with E-state index < -0.39 is 10.0 Å². The lowest BCUT2D eigenvalue weighted by Crippen LogP contribution is -2.29. The van der Waals surface area contributed by atoms with Crippen molar-refractivity contribution in [1.29, 1.82) is 0 Å². The van der Waals surface area contributed by atoms with Crippen LogP contribution in [0.15, 0.2) is 34.5 Å². The Kier molecular flexibility index (Phi) is 3.75. The molecule has 0 bridgehead atoms. The molecule has 0 saturated carbocycles. The van der Waals surface area contributed by atoms with E-state index in [9.17, 15) is 13.5 Å². The number of para-hydroxylation sites is 1. The molecule has 1 atom stereocenters. The van der Waals surface area contributed by atoms with Gasteiger partial charge in [0.25, 0.3) is 10.0 Å². The predicted octanol–water partition coefficient (Wildman–Crippen LogP) is 1.96. The van der Waals surface area contributed by atoms with Gasteiger partial charge in [0.2, 0.25) is 0 Å². The van der Waals surface area contributed by atoms with E-state index in [1.165, 1.54) is 0 Å². The van der Waals surface area contributed by atoms with Crippen molar-refractivity contribution in [3.05, 3.63) is 46.3 Å². The van der Waals surface area contributed by atoms with Gasteiger partial charge in [-0.1, -0.05) is 18.2 Å². The van der Waals surface area contributed by atoms with Gasteiger partial charge in [0.05, 0.1) is 12.6 Å². The van der Waals surface area contributed by atoms with Crippen LogP contribution in [0.5, 0.6) is 5.75 Å². The van der Waals surface area contributed by atoms with Crippen LogP contribution < -0.4 is 9.46 Å². The van der Waals surface area contributed by atoms with Crippen LogP contribution in [-0.2, 0) is 16.6 Å². The molecular formula is C14H15NO4S2. The zero-order valence-electron chi connectivity index (χ0n) is 11.4. The second-order valence-electron chi connectivity index (χ2n) is 4.85. The maximum absolute atomic E-state index is 12.4. The van der Waals surface area contributed by atoms with Crippen molar-refractivity contribution in [2.45, 2.75) is 23.8 Å². The third kappa shape index (κ3) is 2.69. The minimum absolute atomic E-state index is 0.151. The molecule has 0 saturated heterocycles. The van der Waals surface area contributed by atoms with Crippen LogP contribution in [0, 0.1) is 6.92 Å². The summed E-state index contributed by atoms with van der Waals surface area (Å²) in [6, 6.07) is 8.59. The van der Waals surface area contributed by atoms with Gasteiger partial charge >= 0.3 is 0 Å². The van der Waals surface area contributed by atoms with Gasteiger partial charge in [-0.05, 0) is 24.6 Å². The molecule has 0 aliphatic carbocycles. The number of benzene rings is 1. The van der Waals surface area contributed by atoms with Crippen LogP contribution >= 0.6 is 11.3 Å². The van der Waals surface area contributed by atoms with Gasteiger partial charge in [0, 0.05) is 10.4 Å². The minimum atomic E-state index is -3.62. The molecule has 1 unspecified atom stereocenters. The Labute approximate surface area is 127 Å². The van der Waals surface area contributed by atoms with Gasteiger partial charge in [-0.15, -0.1) is 11.3 Å². The van der Waals surface area contributed by atoms with E-state index in [1.54, 1.807) is 13.0 Å². The van der Waals surface area contributed by atoms with Crippen molar-refractivity contribution in [1.82, 2.24) is 4.72 Å². The monoisotopic (exact) mass is 325 g/mol. The van der Waals surface area contributed by atoms with E-state index in [1.807, 2.05) is 24.3 Å². The van der Waals surface area contributed by atoms with Gasteiger partial charge in [-0.2, -0.15) is 4.72 Å². The molecule has 3 rings (SSSR count). The first-order chi connectivity index (χ1) is 10.0. The molecule has 1 aliphatic heterocycles. The number of thiophene rings is 1. The second-order valence-corrected chi connectivity index (χ2v) is 7.93. The van der Waals surface area contributed by atoms with Crippen LogP contribution in [0.4, 0.5) is 0 Å². The van der Waals surface area contributed by atoms with Gasteiger partial charge in [-0.3, -0.25) is 0 Å². The normalized spacial score (nSPS) is 17.5. The largest absolute Gasteiger partial charge is 0.491 e. The number of hydrogen-bond acceptors (Lipinski definition) is 5. The Morgan fingerprint density at radius 2 is 2.19 bits per heavy atom. The number of ether oxygens (including phenoxy) is 1. The highest BCUT2D eigenvalue weighted by Gasteiger charge is 2.29. The van der Waals surface area contributed by atoms with Crippen molar-refractivity contribution in [2.24, 2.45) is 0 Å². The summed E-state index contributed by atoms with van der Waals surface area (Å²) >= 11 is 1.09. The van der Waals surface area contributed by atoms with Crippen molar-refractivity contribution < 1.29 is 18.3 Å². The Hall–Kier alpha value is -1.41. The Balaban J connectivity index is 1.87.